The summed E-state index contributed by atoms with van der Waals surface area (Å²) in [5, 5.41) is 4.69. The average Bonchev–Trinajstić information content (AvgIpc) is 3.39. The van der Waals surface area contributed by atoms with Gasteiger partial charge < -0.3 is 4.90 Å². The maximum Gasteiger partial charge on any atom is 0.264 e. The third kappa shape index (κ3) is 5.97. The molecule has 0 spiro atoms. The van der Waals surface area contributed by atoms with Crippen molar-refractivity contribution in [2.24, 2.45) is 0 Å². The number of aromatic nitrogens is 3. The molecule has 198 valence electrons. The molecule has 0 unspecified atom stereocenters. The van der Waals surface area contributed by atoms with Crippen LogP contribution in [0.4, 0.5) is 5.69 Å². The largest absolute Gasteiger partial charge is 0.336 e. The summed E-state index contributed by atoms with van der Waals surface area (Å²) in [4.78, 5) is 22.0. The van der Waals surface area contributed by atoms with E-state index in [1.165, 1.54) is 21.4 Å². The van der Waals surface area contributed by atoms with Gasteiger partial charge in [0.1, 0.15) is 0 Å². The highest BCUT2D eigenvalue weighted by molar-refractivity contribution is 7.92. The summed E-state index contributed by atoms with van der Waals surface area (Å²) in [5.74, 6) is 0.175. The Bertz CT molecular complexity index is 1320. The highest BCUT2D eigenvalue weighted by Gasteiger charge is 2.29. The number of hydrogen-bond acceptors (Lipinski definition) is 6. The molecule has 0 atom stereocenters. The Kier molecular flexibility index (Phi) is 8.51. The van der Waals surface area contributed by atoms with Crippen molar-refractivity contribution >= 4 is 33.2 Å². The molecule has 37 heavy (non-hydrogen) atoms. The first-order valence-electron chi connectivity index (χ1n) is 12.5. The molecule has 3 heterocycles. The van der Waals surface area contributed by atoms with Crippen LogP contribution >= 0.6 is 11.6 Å². The van der Waals surface area contributed by atoms with Crippen molar-refractivity contribution in [3.8, 4) is 5.82 Å². The number of nitrogens with zero attached hydrogens (tertiary/aromatic N) is 6. The van der Waals surface area contributed by atoms with E-state index in [9.17, 15) is 13.2 Å². The second-order valence-corrected chi connectivity index (χ2v) is 11.6. The lowest BCUT2D eigenvalue weighted by Gasteiger charge is -2.36. The molecule has 1 amide bonds. The van der Waals surface area contributed by atoms with Crippen molar-refractivity contribution in [3.63, 3.8) is 0 Å². The Morgan fingerprint density at radius 3 is 2.46 bits per heavy atom. The van der Waals surface area contributed by atoms with Crippen molar-refractivity contribution in [3.05, 3.63) is 65.6 Å². The monoisotopic (exact) mass is 544 g/mol. The van der Waals surface area contributed by atoms with E-state index in [1.807, 2.05) is 11.8 Å². The number of hydrogen-bond donors (Lipinski definition) is 0. The van der Waals surface area contributed by atoms with Crippen molar-refractivity contribution < 1.29 is 13.2 Å². The van der Waals surface area contributed by atoms with E-state index in [0.717, 1.165) is 19.5 Å². The van der Waals surface area contributed by atoms with Gasteiger partial charge in [-0.2, -0.15) is 5.10 Å². The smallest absolute Gasteiger partial charge is 0.264 e. The molecule has 0 saturated carbocycles. The zero-order valence-electron chi connectivity index (χ0n) is 21.4. The Hall–Kier alpha value is -2.95. The van der Waals surface area contributed by atoms with E-state index in [0.29, 0.717) is 41.8 Å². The normalized spacial score (nSPS) is 14.8. The minimum atomic E-state index is -3.90. The van der Waals surface area contributed by atoms with Gasteiger partial charge >= 0.3 is 0 Å². The topological polar surface area (TPSA) is 91.6 Å². The quantitative estimate of drug-likeness (QED) is 0.403. The molecular formula is C26H33ClN6O3S. The number of carbonyl (C=O) groups excluding carboxylic acids is 1. The molecule has 11 heteroatoms. The van der Waals surface area contributed by atoms with Gasteiger partial charge in [-0.05, 0) is 38.5 Å². The van der Waals surface area contributed by atoms with Crippen LogP contribution in [0, 0.1) is 0 Å². The number of carbonyl (C=O) groups is 1. The minimum Gasteiger partial charge on any atom is -0.336 e. The molecule has 0 radical (unpaired) electrons. The number of unbranched alkanes of at least 4 members (excludes halogenated alkanes) is 1. The van der Waals surface area contributed by atoms with Gasteiger partial charge in [0, 0.05) is 51.2 Å². The first-order valence-corrected chi connectivity index (χ1v) is 14.4. The highest BCUT2D eigenvalue weighted by atomic mass is 35.5. The van der Waals surface area contributed by atoms with Crippen LogP contribution in [0.5, 0.6) is 0 Å². The van der Waals surface area contributed by atoms with E-state index in [1.54, 1.807) is 42.6 Å². The van der Waals surface area contributed by atoms with Crippen molar-refractivity contribution in [2.75, 3.05) is 37.0 Å². The minimum absolute atomic E-state index is 0.107. The SMILES string of the molecule is CCCCN(c1cc(Cl)cnc1-n1cc(C(=O)N2CCN(C(C)C)CC2)cn1)S(=O)(=O)c1ccccc1. The molecule has 1 saturated heterocycles. The van der Waals surface area contributed by atoms with Crippen LogP contribution in [0.1, 0.15) is 44.0 Å². The molecule has 1 fully saturated rings. The van der Waals surface area contributed by atoms with Crippen LogP contribution in [-0.4, -0.2) is 77.7 Å². The Morgan fingerprint density at radius 1 is 1.11 bits per heavy atom. The molecule has 3 aromatic rings. The molecule has 1 aromatic carbocycles. The van der Waals surface area contributed by atoms with Crippen LogP contribution in [0.3, 0.4) is 0 Å². The standard InChI is InChI=1S/C26H33ClN6O3S/c1-4-5-11-33(37(35,36)23-9-7-6-8-10-23)24-16-22(27)18-28-25(24)32-19-21(17-29-32)26(34)31-14-12-30(13-15-31)20(2)3/h6-10,16-20H,4-5,11-15H2,1-3H3. The molecule has 0 bridgehead atoms. The first kappa shape index (κ1) is 27.1. The van der Waals surface area contributed by atoms with Crippen molar-refractivity contribution in [1.29, 1.82) is 0 Å². The lowest BCUT2D eigenvalue weighted by molar-refractivity contribution is 0.0595. The van der Waals surface area contributed by atoms with Gasteiger partial charge in [-0.25, -0.2) is 18.1 Å². The fraction of sp³-hybridized carbons (Fsp3) is 0.423. The van der Waals surface area contributed by atoms with Crippen LogP contribution < -0.4 is 4.31 Å². The van der Waals surface area contributed by atoms with Crippen LogP contribution in [0.2, 0.25) is 5.02 Å². The number of rotatable bonds is 9. The van der Waals surface area contributed by atoms with Crippen LogP contribution in [0.15, 0.2) is 59.9 Å². The predicted octanol–water partition coefficient (Wildman–Crippen LogP) is 4.08. The second-order valence-electron chi connectivity index (χ2n) is 9.34. The van der Waals surface area contributed by atoms with E-state index in [2.05, 4.69) is 28.8 Å². The number of amides is 1. The summed E-state index contributed by atoms with van der Waals surface area (Å²) in [7, 11) is -3.90. The number of piperazine rings is 1. The summed E-state index contributed by atoms with van der Waals surface area (Å²) in [5.41, 5.74) is 0.726. The van der Waals surface area contributed by atoms with E-state index >= 15 is 0 Å². The Labute approximate surface area is 223 Å². The van der Waals surface area contributed by atoms with Crippen molar-refractivity contribution in [1.82, 2.24) is 24.6 Å². The molecule has 4 rings (SSSR count). The van der Waals surface area contributed by atoms with E-state index in [-0.39, 0.29) is 23.2 Å². The average molecular weight is 545 g/mol. The lowest BCUT2D eigenvalue weighted by atomic mass is 10.2. The van der Waals surface area contributed by atoms with E-state index in [4.69, 9.17) is 11.6 Å². The highest BCUT2D eigenvalue weighted by Crippen LogP contribution is 2.31. The molecule has 1 aliphatic heterocycles. The Balaban J connectivity index is 1.67. The first-order chi connectivity index (χ1) is 17.7. The molecule has 1 aliphatic rings. The molecular weight excluding hydrogens is 512 g/mol. The zero-order valence-corrected chi connectivity index (χ0v) is 23.0. The van der Waals surface area contributed by atoms with Gasteiger partial charge in [0.05, 0.1) is 27.4 Å². The summed E-state index contributed by atoms with van der Waals surface area (Å²) < 4.78 is 30.2. The third-order valence-corrected chi connectivity index (χ3v) is 8.54. The van der Waals surface area contributed by atoms with Gasteiger partial charge in [0.25, 0.3) is 15.9 Å². The van der Waals surface area contributed by atoms with E-state index < -0.39 is 10.0 Å². The fourth-order valence-electron chi connectivity index (χ4n) is 4.35. The lowest BCUT2D eigenvalue weighted by Crippen LogP contribution is -2.50. The van der Waals surface area contributed by atoms with Gasteiger partial charge in [0.15, 0.2) is 5.82 Å². The summed E-state index contributed by atoms with van der Waals surface area (Å²) in [6, 6.07) is 10.3. The number of sulfonamides is 1. The molecule has 0 N–H and O–H groups in total. The molecule has 2 aromatic heterocycles. The van der Waals surface area contributed by atoms with Gasteiger partial charge in [-0.15, -0.1) is 0 Å². The van der Waals surface area contributed by atoms with Crippen LogP contribution in [-0.2, 0) is 10.0 Å². The van der Waals surface area contributed by atoms with Crippen LogP contribution in [0.25, 0.3) is 5.82 Å². The van der Waals surface area contributed by atoms with Crippen molar-refractivity contribution in [2.45, 2.75) is 44.6 Å². The van der Waals surface area contributed by atoms with Gasteiger partial charge in [0.2, 0.25) is 0 Å². The molecule has 0 aliphatic carbocycles. The van der Waals surface area contributed by atoms with Gasteiger partial charge in [-0.1, -0.05) is 43.1 Å². The maximum atomic E-state index is 13.7. The third-order valence-electron chi connectivity index (χ3n) is 6.51. The molecule has 9 nitrogen and oxygen atoms in total. The fourth-order valence-corrected chi connectivity index (χ4v) is 6.02. The second kappa shape index (κ2) is 11.6. The zero-order chi connectivity index (χ0) is 26.6. The number of anilines is 1. The Morgan fingerprint density at radius 2 is 1.81 bits per heavy atom. The number of pyridine rings is 1. The summed E-state index contributed by atoms with van der Waals surface area (Å²) >= 11 is 6.29. The van der Waals surface area contributed by atoms with Gasteiger partial charge in [-0.3, -0.25) is 14.0 Å². The predicted molar refractivity (Wildman–Crippen MR) is 145 cm³/mol. The summed E-state index contributed by atoms with van der Waals surface area (Å²) in [6.45, 7) is 9.49. The maximum absolute atomic E-state index is 13.7. The number of halogens is 1. The number of benzene rings is 1. The summed E-state index contributed by atoms with van der Waals surface area (Å²) in [6.07, 6.45) is 5.99.